The van der Waals surface area contributed by atoms with Crippen LogP contribution in [0.5, 0.6) is 0 Å². The van der Waals surface area contributed by atoms with E-state index in [0.29, 0.717) is 0 Å². The molecule has 17 heavy (non-hydrogen) atoms. The third kappa shape index (κ3) is 2.87. The van der Waals surface area contributed by atoms with E-state index in [-0.39, 0.29) is 0 Å². The molecule has 90 valence electrons. The largest absolute Gasteiger partial charge is 0.379 e. The van der Waals surface area contributed by atoms with Crippen molar-refractivity contribution in [1.82, 2.24) is 9.78 Å². The van der Waals surface area contributed by atoms with Gasteiger partial charge < -0.3 is 5.32 Å². The van der Waals surface area contributed by atoms with Gasteiger partial charge in [-0.2, -0.15) is 5.10 Å². The molecule has 2 aromatic rings. The minimum atomic E-state index is 0.820. The van der Waals surface area contributed by atoms with Crippen molar-refractivity contribution in [2.75, 3.05) is 5.32 Å². The standard InChI is InChI=1S/C14H19N3/c1-3-12-6-5-7-13(10-12)15-11-14-8-9-16-17(14)4-2/h5-10,15H,3-4,11H2,1-2H3. The highest BCUT2D eigenvalue weighted by Crippen LogP contribution is 2.12. The molecule has 0 saturated carbocycles. The Kier molecular flexibility index (Phi) is 3.81. The molecule has 0 fully saturated rings. The first kappa shape index (κ1) is 11.7. The summed E-state index contributed by atoms with van der Waals surface area (Å²) < 4.78 is 2.01. The Morgan fingerprint density at radius 3 is 2.88 bits per heavy atom. The minimum Gasteiger partial charge on any atom is -0.379 e. The van der Waals surface area contributed by atoms with Crippen LogP contribution in [0.25, 0.3) is 0 Å². The molecule has 3 heteroatoms. The van der Waals surface area contributed by atoms with Crippen molar-refractivity contribution < 1.29 is 0 Å². The third-order valence-corrected chi connectivity index (χ3v) is 2.91. The molecule has 0 amide bonds. The third-order valence-electron chi connectivity index (χ3n) is 2.91. The number of aromatic nitrogens is 2. The average Bonchev–Trinajstić information content (AvgIpc) is 2.84. The number of anilines is 1. The predicted molar refractivity (Wildman–Crippen MR) is 71.0 cm³/mol. The van der Waals surface area contributed by atoms with E-state index in [0.717, 1.165) is 19.5 Å². The molecule has 0 unspecified atom stereocenters. The second-order valence-corrected chi connectivity index (χ2v) is 4.05. The molecule has 0 spiro atoms. The van der Waals surface area contributed by atoms with Gasteiger partial charge in [-0.1, -0.05) is 19.1 Å². The highest BCUT2D eigenvalue weighted by molar-refractivity contribution is 5.45. The van der Waals surface area contributed by atoms with Crippen molar-refractivity contribution in [2.45, 2.75) is 33.4 Å². The number of benzene rings is 1. The predicted octanol–water partition coefficient (Wildman–Crippen LogP) is 3.08. The zero-order chi connectivity index (χ0) is 12.1. The molecule has 1 N–H and O–H groups in total. The Hall–Kier alpha value is -1.77. The molecule has 2 rings (SSSR count). The Morgan fingerprint density at radius 2 is 2.12 bits per heavy atom. The van der Waals surface area contributed by atoms with E-state index in [2.05, 4.69) is 54.6 Å². The summed E-state index contributed by atoms with van der Waals surface area (Å²) in [5.74, 6) is 0. The monoisotopic (exact) mass is 229 g/mol. The maximum atomic E-state index is 4.26. The van der Waals surface area contributed by atoms with Crippen molar-refractivity contribution in [3.63, 3.8) is 0 Å². The quantitative estimate of drug-likeness (QED) is 0.854. The van der Waals surface area contributed by atoms with Crippen molar-refractivity contribution in [3.8, 4) is 0 Å². The molecule has 0 aliphatic rings. The van der Waals surface area contributed by atoms with Gasteiger partial charge in [0.05, 0.1) is 12.2 Å². The van der Waals surface area contributed by atoms with E-state index in [1.165, 1.54) is 16.9 Å². The molecular weight excluding hydrogens is 210 g/mol. The van der Waals surface area contributed by atoms with Crippen LogP contribution in [-0.4, -0.2) is 9.78 Å². The Balaban J connectivity index is 2.02. The Bertz CT molecular complexity index is 474. The van der Waals surface area contributed by atoms with Gasteiger partial charge in [-0.25, -0.2) is 0 Å². The number of hydrogen-bond donors (Lipinski definition) is 1. The SMILES string of the molecule is CCc1cccc(NCc2ccnn2CC)c1. The molecule has 0 saturated heterocycles. The highest BCUT2D eigenvalue weighted by Gasteiger charge is 2.00. The molecule has 3 nitrogen and oxygen atoms in total. The fourth-order valence-electron chi connectivity index (χ4n) is 1.89. The van der Waals surface area contributed by atoms with E-state index >= 15 is 0 Å². The van der Waals surface area contributed by atoms with Gasteiger partial charge in [-0.3, -0.25) is 4.68 Å². The summed E-state index contributed by atoms with van der Waals surface area (Å²) in [7, 11) is 0. The topological polar surface area (TPSA) is 29.9 Å². The maximum absolute atomic E-state index is 4.26. The number of aryl methyl sites for hydroxylation is 2. The summed E-state index contributed by atoms with van der Waals surface area (Å²) in [5, 5.41) is 7.69. The van der Waals surface area contributed by atoms with Crippen LogP contribution < -0.4 is 5.32 Å². The average molecular weight is 229 g/mol. The Labute approximate surface area is 102 Å². The molecule has 1 aromatic carbocycles. The smallest absolute Gasteiger partial charge is 0.0575 e. The van der Waals surface area contributed by atoms with Gasteiger partial charge in [-0.15, -0.1) is 0 Å². The summed E-state index contributed by atoms with van der Waals surface area (Å²) in [4.78, 5) is 0. The van der Waals surface area contributed by atoms with E-state index < -0.39 is 0 Å². The van der Waals surface area contributed by atoms with Crippen molar-refractivity contribution in [3.05, 3.63) is 47.8 Å². The molecule has 0 atom stereocenters. The molecular formula is C14H19N3. The first-order valence-corrected chi connectivity index (χ1v) is 6.17. The van der Waals surface area contributed by atoms with Gasteiger partial charge in [0.2, 0.25) is 0 Å². The van der Waals surface area contributed by atoms with Crippen molar-refractivity contribution >= 4 is 5.69 Å². The number of rotatable bonds is 5. The van der Waals surface area contributed by atoms with E-state index in [1.54, 1.807) is 0 Å². The highest BCUT2D eigenvalue weighted by atomic mass is 15.3. The Morgan fingerprint density at radius 1 is 1.24 bits per heavy atom. The molecule has 0 aliphatic carbocycles. The van der Waals surface area contributed by atoms with Crippen LogP contribution in [0.1, 0.15) is 25.1 Å². The van der Waals surface area contributed by atoms with Crippen molar-refractivity contribution in [1.29, 1.82) is 0 Å². The number of hydrogen-bond acceptors (Lipinski definition) is 2. The normalized spacial score (nSPS) is 10.5. The summed E-state index contributed by atoms with van der Waals surface area (Å²) in [6, 6.07) is 10.6. The molecule has 0 radical (unpaired) electrons. The summed E-state index contributed by atoms with van der Waals surface area (Å²) in [5.41, 5.74) is 3.75. The summed E-state index contributed by atoms with van der Waals surface area (Å²) in [6.45, 7) is 6.01. The number of nitrogens with zero attached hydrogens (tertiary/aromatic N) is 2. The second-order valence-electron chi connectivity index (χ2n) is 4.05. The van der Waals surface area contributed by atoms with Gasteiger partial charge in [-0.05, 0) is 37.1 Å². The fourth-order valence-corrected chi connectivity index (χ4v) is 1.89. The van der Waals surface area contributed by atoms with E-state index in [4.69, 9.17) is 0 Å². The zero-order valence-corrected chi connectivity index (χ0v) is 10.5. The van der Waals surface area contributed by atoms with E-state index in [9.17, 15) is 0 Å². The molecule has 1 aromatic heterocycles. The minimum absolute atomic E-state index is 0.820. The first-order chi connectivity index (χ1) is 8.33. The van der Waals surface area contributed by atoms with Gasteiger partial charge >= 0.3 is 0 Å². The maximum Gasteiger partial charge on any atom is 0.0575 e. The molecule has 1 heterocycles. The van der Waals surface area contributed by atoms with Gasteiger partial charge in [0, 0.05) is 18.4 Å². The molecule has 0 aliphatic heterocycles. The summed E-state index contributed by atoms with van der Waals surface area (Å²) in [6.07, 6.45) is 2.92. The summed E-state index contributed by atoms with van der Waals surface area (Å²) >= 11 is 0. The molecule has 0 bridgehead atoms. The van der Waals surface area contributed by atoms with Gasteiger partial charge in [0.25, 0.3) is 0 Å². The lowest BCUT2D eigenvalue weighted by Crippen LogP contribution is -2.07. The number of nitrogens with one attached hydrogen (secondary N) is 1. The van der Waals surface area contributed by atoms with Crippen LogP contribution in [0, 0.1) is 0 Å². The van der Waals surface area contributed by atoms with Crippen LogP contribution in [-0.2, 0) is 19.5 Å². The fraction of sp³-hybridized carbons (Fsp3) is 0.357. The van der Waals surface area contributed by atoms with Crippen LogP contribution in [0.15, 0.2) is 36.5 Å². The second kappa shape index (κ2) is 5.53. The van der Waals surface area contributed by atoms with Crippen LogP contribution in [0.4, 0.5) is 5.69 Å². The van der Waals surface area contributed by atoms with Gasteiger partial charge in [0.1, 0.15) is 0 Å². The lowest BCUT2D eigenvalue weighted by Gasteiger charge is -2.09. The zero-order valence-electron chi connectivity index (χ0n) is 10.5. The van der Waals surface area contributed by atoms with E-state index in [1.807, 2.05) is 10.9 Å². The van der Waals surface area contributed by atoms with Crippen molar-refractivity contribution in [2.24, 2.45) is 0 Å². The lowest BCUT2D eigenvalue weighted by atomic mass is 10.1. The van der Waals surface area contributed by atoms with Crippen LogP contribution in [0.2, 0.25) is 0 Å². The first-order valence-electron chi connectivity index (χ1n) is 6.17. The van der Waals surface area contributed by atoms with Crippen LogP contribution >= 0.6 is 0 Å². The van der Waals surface area contributed by atoms with Gasteiger partial charge in [0.15, 0.2) is 0 Å². The lowest BCUT2D eigenvalue weighted by molar-refractivity contribution is 0.627. The van der Waals surface area contributed by atoms with Crippen LogP contribution in [0.3, 0.4) is 0 Å².